The van der Waals surface area contributed by atoms with Crippen LogP contribution in [0.4, 0.5) is 4.39 Å². The summed E-state index contributed by atoms with van der Waals surface area (Å²) in [5, 5.41) is 17.0. The molecule has 1 aromatic carbocycles. The van der Waals surface area contributed by atoms with Crippen LogP contribution in [0.25, 0.3) is 16.7 Å². The molecule has 42 heavy (non-hydrogen) atoms. The van der Waals surface area contributed by atoms with Crippen molar-refractivity contribution in [2.45, 2.75) is 12.0 Å². The second-order valence-corrected chi connectivity index (χ2v) is 12.4. The number of nitrogens with zero attached hydrogens (tertiary/aromatic N) is 6. The van der Waals surface area contributed by atoms with Crippen LogP contribution >= 0.6 is 0 Å². The molecule has 11 rings (SSSR count). The molecule has 0 radical (unpaired) electrons. The topological polar surface area (TPSA) is 165 Å². The van der Waals surface area contributed by atoms with Crippen LogP contribution in [0.15, 0.2) is 46.0 Å². The molecule has 4 aromatic heterocycles. The number of halogens is 1. The predicted octanol–water partition coefficient (Wildman–Crippen LogP) is 0.781. The van der Waals surface area contributed by atoms with Crippen molar-refractivity contribution in [3.8, 4) is 0 Å². The molecule has 14 heteroatoms. The fraction of sp³-hybridized carbons (Fsp3) is 0.393. The summed E-state index contributed by atoms with van der Waals surface area (Å²) in [7, 11) is 1.60. The lowest BCUT2D eigenvalue weighted by Crippen LogP contribution is -3.12. The lowest BCUT2D eigenvalue weighted by Gasteiger charge is -3.11. The SMILES string of the molecule is Cn1c(=O)oc2ccc(CNC(=O)c3cc(C(=O)NCC45C6C7C4C4C5C6C74c4ncn[nH]4)n4ncc(F)c4n3)cc21. The Morgan fingerprint density at radius 1 is 1.10 bits per heavy atom. The van der Waals surface area contributed by atoms with Crippen LogP contribution in [-0.4, -0.2) is 52.7 Å². The third kappa shape index (κ3) is 2.17. The molecule has 0 spiro atoms. The summed E-state index contributed by atoms with van der Waals surface area (Å²) >= 11 is 0. The van der Waals surface area contributed by atoms with Gasteiger partial charge in [0.25, 0.3) is 11.8 Å². The van der Waals surface area contributed by atoms with Gasteiger partial charge in [-0.1, -0.05) is 6.07 Å². The summed E-state index contributed by atoms with van der Waals surface area (Å²) in [4.78, 5) is 46.9. The van der Waals surface area contributed by atoms with Crippen LogP contribution in [0.1, 0.15) is 32.4 Å². The van der Waals surface area contributed by atoms with Gasteiger partial charge < -0.3 is 15.1 Å². The molecule has 0 bridgehead atoms. The molecule has 4 heterocycles. The van der Waals surface area contributed by atoms with Gasteiger partial charge in [0.05, 0.1) is 11.7 Å². The van der Waals surface area contributed by atoms with Crippen molar-refractivity contribution in [1.29, 1.82) is 0 Å². The van der Waals surface area contributed by atoms with Crippen molar-refractivity contribution in [2.75, 3.05) is 6.54 Å². The summed E-state index contributed by atoms with van der Waals surface area (Å²) in [6, 6.07) is 6.47. The number of hydrogen-bond acceptors (Lipinski definition) is 8. The van der Waals surface area contributed by atoms with Gasteiger partial charge >= 0.3 is 5.76 Å². The number of oxazole rings is 1. The van der Waals surface area contributed by atoms with Gasteiger partial charge in [-0.2, -0.15) is 10.2 Å². The zero-order valence-electron chi connectivity index (χ0n) is 22.0. The molecule has 6 aliphatic rings. The molecular weight excluding hydrogens is 545 g/mol. The summed E-state index contributed by atoms with van der Waals surface area (Å²) < 4.78 is 22.2. The number of fused-ring (bicyclic) bond motifs is 2. The third-order valence-corrected chi connectivity index (χ3v) is 11.4. The minimum absolute atomic E-state index is 0.0407. The van der Waals surface area contributed by atoms with Gasteiger partial charge in [0.15, 0.2) is 17.0 Å². The normalized spacial score (nSPS) is 33.7. The molecule has 3 N–H and O–H groups in total. The molecule has 5 aromatic rings. The number of carbonyl (C=O) groups is 2. The average molecular weight is 568 g/mol. The Morgan fingerprint density at radius 3 is 2.62 bits per heavy atom. The number of aromatic amines is 1. The standard InChI is InChI=1S/C28H22FN9O4/c1-37-13-4-10(2-3-15(13)42-26(37)41)6-30-23(39)12-5-14(38-22(35-12)11(29)7-34-38)24(40)31-8-27-16-19-17(27)21-18(27)20(16)28(19,21)25-32-9-33-36-25/h2-5,7,9,16-21H,6,8H2,1H3,(H,30,39)(H,31,40)(H,32,33,36). The Kier molecular flexibility index (Phi) is 3.76. The number of aryl methyl sites for hydroxylation is 1. The molecule has 0 unspecified atom stereocenters. The highest BCUT2D eigenvalue weighted by atomic mass is 19.1. The highest BCUT2D eigenvalue weighted by molar-refractivity contribution is 5.98. The molecule has 0 atom stereocenters. The predicted molar refractivity (Wildman–Crippen MR) is 139 cm³/mol. The number of rotatable bonds is 7. The van der Waals surface area contributed by atoms with Crippen molar-refractivity contribution in [1.82, 2.24) is 45.0 Å². The Labute approximate surface area is 234 Å². The quantitative estimate of drug-likeness (QED) is 0.260. The van der Waals surface area contributed by atoms with Crippen LogP contribution in [0.3, 0.4) is 0 Å². The zero-order valence-corrected chi connectivity index (χ0v) is 22.0. The van der Waals surface area contributed by atoms with Gasteiger partial charge in [0, 0.05) is 31.6 Å². The Hall–Kier alpha value is -4.88. The molecule has 6 saturated carbocycles. The molecule has 2 amide bonds. The van der Waals surface area contributed by atoms with Crippen LogP contribution in [0.5, 0.6) is 0 Å². The van der Waals surface area contributed by atoms with E-state index in [4.69, 9.17) is 4.42 Å². The summed E-state index contributed by atoms with van der Waals surface area (Å²) in [5.41, 5.74) is 1.85. The van der Waals surface area contributed by atoms with Gasteiger partial charge in [-0.05, 0) is 58.6 Å². The monoisotopic (exact) mass is 567 g/mol. The molecule has 6 aliphatic carbocycles. The Morgan fingerprint density at radius 2 is 1.88 bits per heavy atom. The van der Waals surface area contributed by atoms with Crippen LogP contribution in [0.2, 0.25) is 0 Å². The fourth-order valence-corrected chi connectivity index (χ4v) is 10.1. The third-order valence-electron chi connectivity index (χ3n) is 11.4. The second-order valence-electron chi connectivity index (χ2n) is 12.4. The highest BCUT2D eigenvalue weighted by Crippen LogP contribution is 3.09. The van der Waals surface area contributed by atoms with E-state index in [1.165, 1.54) is 10.6 Å². The van der Waals surface area contributed by atoms with E-state index in [1.54, 1.807) is 31.6 Å². The number of hydrogen-bond donors (Lipinski definition) is 3. The van der Waals surface area contributed by atoms with E-state index in [9.17, 15) is 18.8 Å². The highest BCUT2D eigenvalue weighted by Gasteiger charge is 3.10. The number of amides is 2. The van der Waals surface area contributed by atoms with Gasteiger partial charge in [-0.15, -0.1) is 0 Å². The molecule has 13 nitrogen and oxygen atoms in total. The van der Waals surface area contributed by atoms with E-state index in [1.807, 2.05) is 0 Å². The number of carbonyl (C=O) groups excluding carboxylic acids is 2. The van der Waals surface area contributed by atoms with E-state index in [-0.39, 0.29) is 34.4 Å². The van der Waals surface area contributed by atoms with Crippen molar-refractivity contribution in [3.05, 3.63) is 75.9 Å². The first-order valence-corrected chi connectivity index (χ1v) is 13.9. The number of benzene rings is 1. The van der Waals surface area contributed by atoms with E-state index in [0.717, 1.165) is 22.1 Å². The largest absolute Gasteiger partial charge is 0.419 e. The molecular formula is C28H22FN9O4. The van der Waals surface area contributed by atoms with E-state index < -0.39 is 23.4 Å². The number of H-pyrrole nitrogens is 1. The summed E-state index contributed by atoms with van der Waals surface area (Å²) in [6.45, 7) is 0.673. The Balaban J connectivity index is 0.874. The van der Waals surface area contributed by atoms with E-state index >= 15 is 0 Å². The molecule has 210 valence electrons. The minimum atomic E-state index is -0.732. The van der Waals surface area contributed by atoms with Crippen molar-refractivity contribution in [2.24, 2.45) is 48.0 Å². The summed E-state index contributed by atoms with van der Waals surface area (Å²) in [5.74, 6) is 2.52. The van der Waals surface area contributed by atoms with E-state index in [0.29, 0.717) is 53.2 Å². The van der Waals surface area contributed by atoms with Gasteiger partial charge in [-0.3, -0.25) is 19.3 Å². The first-order valence-electron chi connectivity index (χ1n) is 13.9. The fourth-order valence-electron chi connectivity index (χ4n) is 10.1. The van der Waals surface area contributed by atoms with Gasteiger partial charge in [0.1, 0.15) is 23.5 Å². The lowest BCUT2D eigenvalue weighted by atomic mass is 8.92. The van der Waals surface area contributed by atoms with Crippen molar-refractivity contribution in [3.63, 3.8) is 0 Å². The Bertz CT molecular complexity index is 2060. The van der Waals surface area contributed by atoms with E-state index in [2.05, 4.69) is 35.9 Å². The number of aromatic nitrogens is 7. The second kappa shape index (κ2) is 6.94. The smallest absolute Gasteiger partial charge is 0.408 e. The molecule has 0 aliphatic heterocycles. The zero-order chi connectivity index (χ0) is 28.3. The first kappa shape index (κ1) is 22.8. The van der Waals surface area contributed by atoms with Crippen molar-refractivity contribution < 1.29 is 18.4 Å². The van der Waals surface area contributed by atoms with Crippen LogP contribution in [-0.2, 0) is 19.0 Å². The molecule has 0 saturated heterocycles. The van der Waals surface area contributed by atoms with Crippen LogP contribution in [0, 0.1) is 46.7 Å². The summed E-state index contributed by atoms with van der Waals surface area (Å²) in [6.07, 6.45) is 2.56. The lowest BCUT2D eigenvalue weighted by molar-refractivity contribution is -0.627. The number of nitrogens with one attached hydrogen (secondary N) is 3. The molecule has 6 fully saturated rings. The van der Waals surface area contributed by atoms with Gasteiger partial charge in [0.2, 0.25) is 0 Å². The maximum absolute atomic E-state index is 14.6. The van der Waals surface area contributed by atoms with Crippen molar-refractivity contribution >= 4 is 28.6 Å². The average Bonchev–Trinajstić information content (AvgIpc) is 3.74. The van der Waals surface area contributed by atoms with Crippen LogP contribution < -0.4 is 16.4 Å². The maximum Gasteiger partial charge on any atom is 0.419 e. The first-order chi connectivity index (χ1) is 20.4. The minimum Gasteiger partial charge on any atom is -0.408 e. The van der Waals surface area contributed by atoms with Gasteiger partial charge in [-0.25, -0.2) is 23.7 Å². The maximum atomic E-state index is 14.6.